The lowest BCUT2D eigenvalue weighted by Gasteiger charge is -2.25. The van der Waals surface area contributed by atoms with Gasteiger partial charge in [-0.25, -0.2) is 0 Å². The molecule has 0 aromatic heterocycles. The third-order valence-corrected chi connectivity index (χ3v) is 3.37. The maximum atomic E-state index is 5.99. The standard InChI is InChI=1S/C15H23NO2/c1-15(2,3)12-8-5-7-11-13(16-17-4)9-6-10-18-14(11)12/h5,7-8,13,16H,6,9-10H2,1-4H3. The topological polar surface area (TPSA) is 30.5 Å². The molecule has 3 heteroatoms. The van der Waals surface area contributed by atoms with Crippen LogP contribution in [0.1, 0.15) is 50.8 Å². The van der Waals surface area contributed by atoms with Crippen LogP contribution in [0.25, 0.3) is 0 Å². The first-order valence-corrected chi connectivity index (χ1v) is 6.58. The fourth-order valence-corrected chi connectivity index (χ4v) is 2.46. The summed E-state index contributed by atoms with van der Waals surface area (Å²) in [5, 5.41) is 0. The predicted octanol–water partition coefficient (Wildman–Crippen LogP) is 3.35. The largest absolute Gasteiger partial charge is 0.493 e. The third-order valence-electron chi connectivity index (χ3n) is 3.37. The van der Waals surface area contributed by atoms with Crippen molar-refractivity contribution in [2.75, 3.05) is 13.7 Å². The van der Waals surface area contributed by atoms with Crippen LogP contribution in [0.4, 0.5) is 0 Å². The Morgan fingerprint density at radius 2 is 2.11 bits per heavy atom. The van der Waals surface area contributed by atoms with E-state index < -0.39 is 0 Å². The predicted molar refractivity (Wildman–Crippen MR) is 72.8 cm³/mol. The van der Waals surface area contributed by atoms with Crippen molar-refractivity contribution in [1.82, 2.24) is 5.48 Å². The van der Waals surface area contributed by atoms with Crippen molar-refractivity contribution >= 4 is 0 Å². The van der Waals surface area contributed by atoms with Crippen LogP contribution in [-0.4, -0.2) is 13.7 Å². The lowest BCUT2D eigenvalue weighted by molar-refractivity contribution is 0.0579. The Labute approximate surface area is 109 Å². The molecule has 0 spiro atoms. The SMILES string of the molecule is CONC1CCCOc2c1cccc2C(C)(C)C. The van der Waals surface area contributed by atoms with Gasteiger partial charge in [-0.2, -0.15) is 5.48 Å². The number of nitrogens with one attached hydrogen (secondary N) is 1. The van der Waals surface area contributed by atoms with Crippen molar-refractivity contribution in [1.29, 1.82) is 0 Å². The van der Waals surface area contributed by atoms with E-state index in [1.54, 1.807) is 7.11 Å². The summed E-state index contributed by atoms with van der Waals surface area (Å²) >= 11 is 0. The molecular formula is C15H23NO2. The van der Waals surface area contributed by atoms with Crippen LogP contribution >= 0.6 is 0 Å². The summed E-state index contributed by atoms with van der Waals surface area (Å²) in [7, 11) is 1.67. The highest BCUT2D eigenvalue weighted by Crippen LogP contribution is 2.39. The average Bonchev–Trinajstić information content (AvgIpc) is 2.51. The lowest BCUT2D eigenvalue weighted by Crippen LogP contribution is -2.21. The summed E-state index contributed by atoms with van der Waals surface area (Å²) in [6, 6.07) is 6.62. The maximum absolute atomic E-state index is 5.99. The Balaban J connectivity index is 2.46. The van der Waals surface area contributed by atoms with Crippen LogP contribution in [0.15, 0.2) is 18.2 Å². The van der Waals surface area contributed by atoms with Gasteiger partial charge in [0, 0.05) is 5.56 Å². The summed E-state index contributed by atoms with van der Waals surface area (Å²) in [5.41, 5.74) is 5.65. The highest BCUT2D eigenvalue weighted by Gasteiger charge is 2.26. The molecule has 1 heterocycles. The Bertz CT molecular complexity index is 409. The van der Waals surface area contributed by atoms with Gasteiger partial charge in [-0.3, -0.25) is 0 Å². The fourth-order valence-electron chi connectivity index (χ4n) is 2.46. The number of hydrogen-bond acceptors (Lipinski definition) is 3. The molecule has 1 aliphatic heterocycles. The van der Waals surface area contributed by atoms with Crippen LogP contribution in [0, 0.1) is 0 Å². The number of fused-ring (bicyclic) bond motifs is 1. The Morgan fingerprint density at radius 1 is 1.33 bits per heavy atom. The molecule has 0 aliphatic carbocycles. The van der Waals surface area contributed by atoms with Gasteiger partial charge in [0.1, 0.15) is 5.75 Å². The first kappa shape index (κ1) is 13.4. The molecule has 3 nitrogen and oxygen atoms in total. The van der Waals surface area contributed by atoms with Crippen molar-refractivity contribution < 1.29 is 9.57 Å². The molecular weight excluding hydrogens is 226 g/mol. The molecule has 0 bridgehead atoms. The van der Waals surface area contributed by atoms with E-state index in [0.717, 1.165) is 25.2 Å². The van der Waals surface area contributed by atoms with E-state index in [1.807, 2.05) is 0 Å². The molecule has 18 heavy (non-hydrogen) atoms. The van der Waals surface area contributed by atoms with Gasteiger partial charge in [-0.05, 0) is 23.8 Å². The normalized spacial score (nSPS) is 19.9. The van der Waals surface area contributed by atoms with Crippen molar-refractivity contribution in [3.05, 3.63) is 29.3 Å². The van der Waals surface area contributed by atoms with Gasteiger partial charge in [0.25, 0.3) is 0 Å². The number of hydroxylamine groups is 1. The first-order chi connectivity index (χ1) is 8.54. The molecule has 1 unspecified atom stereocenters. The minimum Gasteiger partial charge on any atom is -0.493 e. The summed E-state index contributed by atoms with van der Waals surface area (Å²) in [5.74, 6) is 1.04. The second-order valence-corrected chi connectivity index (χ2v) is 5.84. The number of benzene rings is 1. The van der Waals surface area contributed by atoms with Crippen LogP contribution in [0.5, 0.6) is 5.75 Å². The minimum absolute atomic E-state index is 0.0906. The third kappa shape index (κ3) is 2.68. The van der Waals surface area contributed by atoms with Gasteiger partial charge in [0.15, 0.2) is 0 Å². The number of para-hydroxylation sites is 1. The monoisotopic (exact) mass is 249 g/mol. The second-order valence-electron chi connectivity index (χ2n) is 5.84. The maximum Gasteiger partial charge on any atom is 0.127 e. The Morgan fingerprint density at radius 3 is 2.78 bits per heavy atom. The molecule has 1 aromatic carbocycles. The zero-order valence-electron chi connectivity index (χ0n) is 11.7. The van der Waals surface area contributed by atoms with Crippen LogP contribution in [0.2, 0.25) is 0 Å². The molecule has 0 saturated carbocycles. The van der Waals surface area contributed by atoms with Gasteiger partial charge in [0.2, 0.25) is 0 Å². The Hall–Kier alpha value is -1.06. The highest BCUT2D eigenvalue weighted by atomic mass is 16.6. The summed E-state index contributed by atoms with van der Waals surface area (Å²) in [4.78, 5) is 5.11. The van der Waals surface area contributed by atoms with E-state index in [4.69, 9.17) is 9.57 Å². The van der Waals surface area contributed by atoms with Gasteiger partial charge in [-0.15, -0.1) is 0 Å². The van der Waals surface area contributed by atoms with Crippen LogP contribution < -0.4 is 10.2 Å². The lowest BCUT2D eigenvalue weighted by atomic mass is 9.84. The first-order valence-electron chi connectivity index (χ1n) is 6.58. The van der Waals surface area contributed by atoms with Crippen LogP contribution in [-0.2, 0) is 10.3 Å². The summed E-state index contributed by atoms with van der Waals surface area (Å²) in [6.07, 6.45) is 2.08. The highest BCUT2D eigenvalue weighted by molar-refractivity contribution is 5.47. The number of rotatable bonds is 2. The van der Waals surface area contributed by atoms with Crippen LogP contribution in [0.3, 0.4) is 0 Å². The molecule has 1 atom stereocenters. The van der Waals surface area contributed by atoms with E-state index in [2.05, 4.69) is 44.5 Å². The smallest absolute Gasteiger partial charge is 0.127 e. The van der Waals surface area contributed by atoms with E-state index in [9.17, 15) is 0 Å². The molecule has 1 aromatic rings. The van der Waals surface area contributed by atoms with E-state index in [1.165, 1.54) is 11.1 Å². The molecule has 0 fully saturated rings. The zero-order chi connectivity index (χ0) is 13.2. The second kappa shape index (κ2) is 5.29. The van der Waals surface area contributed by atoms with Gasteiger partial charge < -0.3 is 9.57 Å². The molecule has 1 aliphatic rings. The molecule has 0 saturated heterocycles. The molecule has 100 valence electrons. The number of hydrogen-bond donors (Lipinski definition) is 1. The van der Waals surface area contributed by atoms with Gasteiger partial charge in [0.05, 0.1) is 19.8 Å². The minimum atomic E-state index is 0.0906. The van der Waals surface area contributed by atoms with Gasteiger partial charge in [-0.1, -0.05) is 39.0 Å². The fraction of sp³-hybridized carbons (Fsp3) is 0.600. The Kier molecular flexibility index (Phi) is 3.93. The van der Waals surface area contributed by atoms with Crippen molar-refractivity contribution in [2.45, 2.75) is 45.1 Å². The quantitative estimate of drug-likeness (QED) is 0.815. The summed E-state index contributed by atoms with van der Waals surface area (Å²) < 4.78 is 5.99. The van der Waals surface area contributed by atoms with Gasteiger partial charge >= 0.3 is 0 Å². The van der Waals surface area contributed by atoms with E-state index in [-0.39, 0.29) is 11.5 Å². The molecule has 1 N–H and O–H groups in total. The summed E-state index contributed by atoms with van der Waals surface area (Å²) in [6.45, 7) is 7.43. The van der Waals surface area contributed by atoms with Crippen molar-refractivity contribution in [2.24, 2.45) is 0 Å². The molecule has 0 radical (unpaired) electrons. The van der Waals surface area contributed by atoms with Crippen molar-refractivity contribution in [3.8, 4) is 5.75 Å². The van der Waals surface area contributed by atoms with E-state index in [0.29, 0.717) is 0 Å². The zero-order valence-corrected chi connectivity index (χ0v) is 11.7. The average molecular weight is 249 g/mol. The number of ether oxygens (including phenoxy) is 1. The van der Waals surface area contributed by atoms with Crippen molar-refractivity contribution in [3.63, 3.8) is 0 Å². The van der Waals surface area contributed by atoms with E-state index >= 15 is 0 Å². The molecule has 2 rings (SSSR count). The molecule has 0 amide bonds.